The number of nitrogen functional groups attached to an aromatic ring is 2. The average molecular weight is 455 g/mol. The molecule has 0 aliphatic carbocycles. The molecular weight excluding hydrogens is 449 g/mol. The van der Waals surface area contributed by atoms with E-state index in [0.717, 1.165) is 0 Å². The average Bonchev–Trinajstić information content (AvgIpc) is 2.49. The Labute approximate surface area is 165 Å². The van der Waals surface area contributed by atoms with Crippen LogP contribution in [0.5, 0.6) is 0 Å². The van der Waals surface area contributed by atoms with Crippen molar-refractivity contribution < 1.29 is 0 Å². The van der Waals surface area contributed by atoms with Crippen LogP contribution in [0, 0.1) is 0 Å². The summed E-state index contributed by atoms with van der Waals surface area (Å²) in [6.07, 6.45) is 0. The summed E-state index contributed by atoms with van der Waals surface area (Å²) in [4.78, 5) is 1.29. The smallest absolute Gasteiger partial charge is 0.0848 e. The van der Waals surface area contributed by atoms with Crippen molar-refractivity contribution in [2.24, 2.45) is 0 Å². The topological polar surface area (TPSA) is 52.0 Å². The normalized spacial score (nSPS) is 11.0. The minimum atomic E-state index is 0.206. The first-order chi connectivity index (χ1) is 10.2. The monoisotopic (exact) mass is 452 g/mol. The molecule has 2 aromatic rings. The summed E-state index contributed by atoms with van der Waals surface area (Å²) in [6.45, 7) is 0. The fourth-order valence-electron chi connectivity index (χ4n) is 1.40. The lowest BCUT2D eigenvalue weighted by Gasteiger charge is -2.12. The predicted molar refractivity (Wildman–Crippen MR) is 103 cm³/mol. The van der Waals surface area contributed by atoms with Gasteiger partial charge in [-0.25, -0.2) is 0 Å². The molecule has 2 nitrogen and oxygen atoms in total. The van der Waals surface area contributed by atoms with E-state index in [1.54, 1.807) is 12.1 Å². The summed E-state index contributed by atoms with van der Waals surface area (Å²) < 4.78 is 0. The van der Waals surface area contributed by atoms with Crippen LogP contribution in [0.3, 0.4) is 0 Å². The van der Waals surface area contributed by atoms with Crippen LogP contribution in [0.2, 0.25) is 30.1 Å². The molecular formula is C12H6Cl6N2S2. The number of hydrogen-bond donors (Lipinski definition) is 2. The van der Waals surface area contributed by atoms with Crippen molar-refractivity contribution in [3.05, 3.63) is 42.3 Å². The van der Waals surface area contributed by atoms with Crippen LogP contribution >= 0.6 is 91.2 Å². The number of benzene rings is 2. The second kappa shape index (κ2) is 7.58. The highest BCUT2D eigenvalue weighted by Gasteiger charge is 2.16. The molecule has 0 aromatic heterocycles. The largest absolute Gasteiger partial charge is 0.397 e. The Morgan fingerprint density at radius 1 is 0.591 bits per heavy atom. The maximum atomic E-state index is 6.02. The van der Waals surface area contributed by atoms with Crippen molar-refractivity contribution in [3.63, 3.8) is 0 Å². The van der Waals surface area contributed by atoms with Gasteiger partial charge < -0.3 is 11.5 Å². The first kappa shape index (κ1) is 18.8. The standard InChI is InChI=1S/C12H6Cl6N2S2/c13-3-1-5(11(19)9(17)7(3)15)21-22-6-2-4(14)8(16)10(18)12(6)20/h1-2H,19-20H2. The summed E-state index contributed by atoms with van der Waals surface area (Å²) in [5, 5.41) is 1.46. The zero-order chi connectivity index (χ0) is 16.6. The van der Waals surface area contributed by atoms with E-state index in [1.165, 1.54) is 21.6 Å². The number of hydrogen-bond acceptors (Lipinski definition) is 4. The Balaban J connectivity index is 2.32. The van der Waals surface area contributed by atoms with Gasteiger partial charge in [0.2, 0.25) is 0 Å². The van der Waals surface area contributed by atoms with E-state index in [4.69, 9.17) is 81.1 Å². The number of nitrogens with two attached hydrogens (primary N) is 2. The van der Waals surface area contributed by atoms with Crippen molar-refractivity contribution >= 4 is 103 Å². The van der Waals surface area contributed by atoms with Crippen molar-refractivity contribution in [3.8, 4) is 0 Å². The highest BCUT2D eigenvalue weighted by molar-refractivity contribution is 8.76. The van der Waals surface area contributed by atoms with Gasteiger partial charge in [-0.2, -0.15) is 0 Å². The maximum absolute atomic E-state index is 6.02. The van der Waals surface area contributed by atoms with Crippen molar-refractivity contribution in [1.29, 1.82) is 0 Å². The summed E-state index contributed by atoms with van der Waals surface area (Å²) >= 11 is 35.9. The van der Waals surface area contributed by atoms with Crippen LogP contribution in [0.1, 0.15) is 0 Å². The molecule has 0 saturated carbocycles. The van der Waals surface area contributed by atoms with E-state index in [1.807, 2.05) is 0 Å². The molecule has 0 radical (unpaired) electrons. The van der Waals surface area contributed by atoms with Crippen molar-refractivity contribution in [2.75, 3.05) is 11.5 Å². The summed E-state index contributed by atoms with van der Waals surface area (Å²) in [5.74, 6) is 0. The minimum absolute atomic E-state index is 0.206. The van der Waals surface area contributed by atoms with Crippen LogP contribution in [0.25, 0.3) is 0 Å². The van der Waals surface area contributed by atoms with E-state index in [-0.39, 0.29) is 20.1 Å². The molecule has 22 heavy (non-hydrogen) atoms. The molecule has 0 heterocycles. The van der Waals surface area contributed by atoms with Gasteiger partial charge in [-0.15, -0.1) is 0 Å². The van der Waals surface area contributed by atoms with Crippen LogP contribution in [-0.4, -0.2) is 0 Å². The van der Waals surface area contributed by atoms with Crippen molar-refractivity contribution in [2.45, 2.75) is 9.79 Å². The Morgan fingerprint density at radius 3 is 1.23 bits per heavy atom. The lowest BCUT2D eigenvalue weighted by atomic mass is 10.3. The molecule has 0 unspecified atom stereocenters. The maximum Gasteiger partial charge on any atom is 0.0848 e. The van der Waals surface area contributed by atoms with E-state index in [2.05, 4.69) is 0 Å². The molecule has 0 fully saturated rings. The summed E-state index contributed by atoms with van der Waals surface area (Å²) in [6, 6.07) is 3.25. The van der Waals surface area contributed by atoms with Gasteiger partial charge in [-0.3, -0.25) is 0 Å². The summed E-state index contributed by atoms with van der Waals surface area (Å²) in [7, 11) is 2.60. The minimum Gasteiger partial charge on any atom is -0.397 e. The molecule has 0 saturated heterocycles. The Bertz CT molecular complexity index is 690. The molecule has 0 atom stereocenters. The van der Waals surface area contributed by atoms with E-state index >= 15 is 0 Å². The molecule has 2 aromatic carbocycles. The fraction of sp³-hybridized carbons (Fsp3) is 0. The fourth-order valence-corrected chi connectivity index (χ4v) is 5.13. The molecule has 0 aliphatic rings. The SMILES string of the molecule is Nc1c(SSc2cc(Cl)c(Cl)c(Cl)c2N)cc(Cl)c(Cl)c1Cl. The zero-order valence-electron chi connectivity index (χ0n) is 10.4. The zero-order valence-corrected chi connectivity index (χ0v) is 16.6. The van der Waals surface area contributed by atoms with Gasteiger partial charge in [0.25, 0.3) is 0 Å². The van der Waals surface area contributed by atoms with Gasteiger partial charge in [0, 0.05) is 9.79 Å². The predicted octanol–water partition coefficient (Wildman–Crippen LogP) is 7.57. The van der Waals surface area contributed by atoms with Gasteiger partial charge in [0.15, 0.2) is 0 Å². The molecule has 118 valence electrons. The van der Waals surface area contributed by atoms with Crippen LogP contribution < -0.4 is 11.5 Å². The molecule has 10 heteroatoms. The van der Waals surface area contributed by atoms with Crippen LogP contribution in [0.15, 0.2) is 21.9 Å². The number of anilines is 2. The van der Waals surface area contributed by atoms with Crippen molar-refractivity contribution in [1.82, 2.24) is 0 Å². The Morgan fingerprint density at radius 2 is 0.909 bits per heavy atom. The molecule has 2 rings (SSSR count). The van der Waals surface area contributed by atoms with Gasteiger partial charge in [0.1, 0.15) is 0 Å². The molecule has 0 bridgehead atoms. The number of rotatable bonds is 3. The lowest BCUT2D eigenvalue weighted by Crippen LogP contribution is -1.92. The molecule has 0 aliphatic heterocycles. The molecule has 0 spiro atoms. The van der Waals surface area contributed by atoms with Gasteiger partial charge in [-0.1, -0.05) is 91.2 Å². The third-order valence-corrected chi connectivity index (χ3v) is 7.54. The molecule has 0 amide bonds. The second-order valence-electron chi connectivity index (χ2n) is 3.96. The van der Waals surface area contributed by atoms with Gasteiger partial charge in [-0.05, 0) is 12.1 Å². The first-order valence-electron chi connectivity index (χ1n) is 5.44. The summed E-state index contributed by atoms with van der Waals surface area (Å²) in [5.41, 5.74) is 12.5. The second-order valence-corrected chi connectivity index (χ2v) is 8.50. The van der Waals surface area contributed by atoms with E-state index < -0.39 is 0 Å². The van der Waals surface area contributed by atoms with E-state index in [0.29, 0.717) is 31.2 Å². The third-order valence-electron chi connectivity index (χ3n) is 2.55. The molecule has 4 N–H and O–H groups in total. The number of halogens is 6. The van der Waals surface area contributed by atoms with Gasteiger partial charge in [0.05, 0.1) is 41.5 Å². The lowest BCUT2D eigenvalue weighted by molar-refractivity contribution is 1.46. The Kier molecular flexibility index (Phi) is 6.48. The Hall–Kier alpha value is 0.480. The van der Waals surface area contributed by atoms with Gasteiger partial charge >= 0.3 is 0 Å². The first-order valence-corrected chi connectivity index (χ1v) is 9.86. The third kappa shape index (κ3) is 3.76. The van der Waals surface area contributed by atoms with Crippen LogP contribution in [-0.2, 0) is 0 Å². The highest BCUT2D eigenvalue weighted by atomic mass is 35.5. The highest BCUT2D eigenvalue weighted by Crippen LogP contribution is 2.50. The quantitative estimate of drug-likeness (QED) is 0.285. The van der Waals surface area contributed by atoms with Crippen LogP contribution in [0.4, 0.5) is 11.4 Å². The van der Waals surface area contributed by atoms with E-state index in [9.17, 15) is 0 Å².